The second kappa shape index (κ2) is 9.74. The molecular formula is C14H23NO3. The summed E-state index contributed by atoms with van der Waals surface area (Å²) < 4.78 is 16.1. The lowest BCUT2D eigenvalue weighted by atomic mass is 10.3. The molecule has 0 spiro atoms. The second-order valence-electron chi connectivity index (χ2n) is 3.84. The summed E-state index contributed by atoms with van der Waals surface area (Å²) in [5.41, 5.74) is 0. The Kier molecular flexibility index (Phi) is 8.01. The molecule has 0 aliphatic carbocycles. The van der Waals surface area contributed by atoms with Crippen molar-refractivity contribution in [1.29, 1.82) is 0 Å². The largest absolute Gasteiger partial charge is 0.497 e. The first-order chi connectivity index (χ1) is 8.86. The van der Waals surface area contributed by atoms with Gasteiger partial charge < -0.3 is 19.5 Å². The summed E-state index contributed by atoms with van der Waals surface area (Å²) in [4.78, 5) is 0. The van der Waals surface area contributed by atoms with Gasteiger partial charge in [-0.05, 0) is 30.8 Å². The van der Waals surface area contributed by atoms with E-state index in [0.29, 0.717) is 6.61 Å². The highest BCUT2D eigenvalue weighted by Crippen LogP contribution is 2.16. The van der Waals surface area contributed by atoms with E-state index >= 15 is 0 Å². The first kappa shape index (κ1) is 14.8. The zero-order chi connectivity index (χ0) is 13.1. The van der Waals surface area contributed by atoms with Crippen LogP contribution in [0.3, 0.4) is 0 Å². The Morgan fingerprint density at radius 1 is 1.00 bits per heavy atom. The highest BCUT2D eigenvalue weighted by molar-refractivity contribution is 5.31. The molecule has 0 saturated carbocycles. The summed E-state index contributed by atoms with van der Waals surface area (Å²) in [6, 6.07) is 7.60. The molecular weight excluding hydrogens is 230 g/mol. The van der Waals surface area contributed by atoms with Crippen LogP contribution in [0.15, 0.2) is 24.3 Å². The van der Waals surface area contributed by atoms with Crippen molar-refractivity contribution < 1.29 is 14.2 Å². The van der Waals surface area contributed by atoms with Gasteiger partial charge in [-0.3, -0.25) is 0 Å². The number of likely N-dealkylation sites (N-methyl/N-ethyl adjacent to an activating group) is 1. The topological polar surface area (TPSA) is 39.7 Å². The monoisotopic (exact) mass is 253 g/mol. The maximum atomic E-state index is 5.58. The van der Waals surface area contributed by atoms with Gasteiger partial charge in [-0.15, -0.1) is 0 Å². The zero-order valence-electron chi connectivity index (χ0n) is 11.3. The maximum Gasteiger partial charge on any atom is 0.119 e. The quantitative estimate of drug-likeness (QED) is 0.648. The Morgan fingerprint density at radius 3 is 2.39 bits per heavy atom. The van der Waals surface area contributed by atoms with Gasteiger partial charge in [0, 0.05) is 19.6 Å². The van der Waals surface area contributed by atoms with Gasteiger partial charge in [0.15, 0.2) is 0 Å². The van der Waals surface area contributed by atoms with Crippen LogP contribution < -0.4 is 14.8 Å². The summed E-state index contributed by atoms with van der Waals surface area (Å²) >= 11 is 0. The van der Waals surface area contributed by atoms with Crippen molar-refractivity contribution >= 4 is 0 Å². The van der Waals surface area contributed by atoms with Crippen molar-refractivity contribution in [3.05, 3.63) is 24.3 Å². The third kappa shape index (κ3) is 6.47. The van der Waals surface area contributed by atoms with E-state index in [0.717, 1.165) is 44.2 Å². The van der Waals surface area contributed by atoms with Gasteiger partial charge >= 0.3 is 0 Å². The van der Waals surface area contributed by atoms with Crippen LogP contribution in [0.1, 0.15) is 13.3 Å². The molecule has 1 N–H and O–H groups in total. The molecule has 4 nitrogen and oxygen atoms in total. The minimum atomic E-state index is 0.674. The van der Waals surface area contributed by atoms with Crippen LogP contribution >= 0.6 is 0 Å². The van der Waals surface area contributed by atoms with E-state index in [4.69, 9.17) is 14.2 Å². The zero-order valence-corrected chi connectivity index (χ0v) is 11.3. The average Bonchev–Trinajstić information content (AvgIpc) is 2.42. The number of ether oxygens (including phenoxy) is 3. The van der Waals surface area contributed by atoms with E-state index in [-0.39, 0.29) is 0 Å². The molecule has 1 aromatic rings. The third-order valence-electron chi connectivity index (χ3n) is 2.43. The number of nitrogens with one attached hydrogen (secondary N) is 1. The predicted octanol–water partition coefficient (Wildman–Crippen LogP) is 2.09. The molecule has 0 aromatic heterocycles. The van der Waals surface area contributed by atoms with Crippen LogP contribution in [0.25, 0.3) is 0 Å². The second-order valence-corrected chi connectivity index (χ2v) is 3.84. The van der Waals surface area contributed by atoms with Gasteiger partial charge in [0.25, 0.3) is 0 Å². The number of benzene rings is 1. The van der Waals surface area contributed by atoms with Gasteiger partial charge in [-0.25, -0.2) is 0 Å². The van der Waals surface area contributed by atoms with Gasteiger partial charge in [-0.1, -0.05) is 6.92 Å². The maximum absolute atomic E-state index is 5.58. The molecule has 0 fully saturated rings. The van der Waals surface area contributed by atoms with Crippen molar-refractivity contribution in [2.24, 2.45) is 0 Å². The standard InChI is InChI=1S/C14H23NO3/c1-3-15-9-12-17-10-4-11-18-14-7-5-13(16-2)6-8-14/h5-8,15H,3-4,9-12H2,1-2H3. The molecule has 0 radical (unpaired) electrons. The average molecular weight is 253 g/mol. The molecule has 0 atom stereocenters. The van der Waals surface area contributed by atoms with Crippen LogP contribution in [-0.2, 0) is 4.74 Å². The van der Waals surface area contributed by atoms with E-state index in [1.54, 1.807) is 7.11 Å². The number of hydrogen-bond acceptors (Lipinski definition) is 4. The number of methoxy groups -OCH3 is 1. The van der Waals surface area contributed by atoms with Gasteiger partial charge in [0.2, 0.25) is 0 Å². The van der Waals surface area contributed by atoms with Crippen LogP contribution in [0.5, 0.6) is 11.5 Å². The van der Waals surface area contributed by atoms with E-state index in [1.807, 2.05) is 24.3 Å². The molecule has 4 heteroatoms. The van der Waals surface area contributed by atoms with Gasteiger partial charge in [-0.2, -0.15) is 0 Å². The number of rotatable bonds is 10. The Bertz CT molecular complexity index is 300. The summed E-state index contributed by atoms with van der Waals surface area (Å²) in [7, 11) is 1.65. The first-order valence-electron chi connectivity index (χ1n) is 6.42. The summed E-state index contributed by atoms with van der Waals surface area (Å²) in [6.45, 7) is 6.16. The molecule has 0 bridgehead atoms. The third-order valence-corrected chi connectivity index (χ3v) is 2.43. The molecule has 0 amide bonds. The molecule has 0 heterocycles. The Balaban J connectivity index is 2.00. The number of hydrogen-bond donors (Lipinski definition) is 1. The van der Waals surface area contributed by atoms with Crippen molar-refractivity contribution in [3.8, 4) is 11.5 Å². The Hall–Kier alpha value is -1.26. The molecule has 1 rings (SSSR count). The van der Waals surface area contributed by atoms with Crippen molar-refractivity contribution in [2.75, 3.05) is 40.0 Å². The molecule has 18 heavy (non-hydrogen) atoms. The summed E-state index contributed by atoms with van der Waals surface area (Å²) in [6.07, 6.45) is 0.901. The van der Waals surface area contributed by atoms with Gasteiger partial charge in [0.1, 0.15) is 11.5 Å². The van der Waals surface area contributed by atoms with Crippen molar-refractivity contribution in [3.63, 3.8) is 0 Å². The minimum absolute atomic E-state index is 0.674. The van der Waals surface area contributed by atoms with Crippen molar-refractivity contribution in [2.45, 2.75) is 13.3 Å². The molecule has 0 aliphatic heterocycles. The lowest BCUT2D eigenvalue weighted by Gasteiger charge is -2.07. The van der Waals surface area contributed by atoms with Crippen LogP contribution in [0.2, 0.25) is 0 Å². The normalized spacial score (nSPS) is 10.3. The van der Waals surface area contributed by atoms with E-state index in [9.17, 15) is 0 Å². The molecule has 0 unspecified atom stereocenters. The fraction of sp³-hybridized carbons (Fsp3) is 0.571. The van der Waals surface area contributed by atoms with E-state index in [2.05, 4.69) is 12.2 Å². The Morgan fingerprint density at radius 2 is 1.72 bits per heavy atom. The highest BCUT2D eigenvalue weighted by atomic mass is 16.5. The van der Waals surface area contributed by atoms with Crippen LogP contribution in [-0.4, -0.2) is 40.0 Å². The molecule has 0 aliphatic rings. The van der Waals surface area contributed by atoms with E-state index in [1.165, 1.54) is 0 Å². The summed E-state index contributed by atoms with van der Waals surface area (Å²) in [5, 5.41) is 3.21. The predicted molar refractivity (Wildman–Crippen MR) is 72.5 cm³/mol. The lowest BCUT2D eigenvalue weighted by Crippen LogP contribution is -2.19. The molecule has 0 saturated heterocycles. The smallest absolute Gasteiger partial charge is 0.119 e. The first-order valence-corrected chi connectivity index (χ1v) is 6.42. The molecule has 102 valence electrons. The van der Waals surface area contributed by atoms with Crippen LogP contribution in [0, 0.1) is 0 Å². The lowest BCUT2D eigenvalue weighted by molar-refractivity contribution is 0.121. The van der Waals surface area contributed by atoms with Gasteiger partial charge in [0.05, 0.1) is 20.3 Å². The fourth-order valence-electron chi connectivity index (χ4n) is 1.45. The fourth-order valence-corrected chi connectivity index (χ4v) is 1.45. The Labute approximate surface area is 109 Å². The summed E-state index contributed by atoms with van der Waals surface area (Å²) in [5.74, 6) is 1.71. The minimum Gasteiger partial charge on any atom is -0.497 e. The van der Waals surface area contributed by atoms with Crippen molar-refractivity contribution in [1.82, 2.24) is 5.32 Å². The SMILES string of the molecule is CCNCCOCCCOc1ccc(OC)cc1. The molecule has 1 aromatic carbocycles. The van der Waals surface area contributed by atoms with Crippen LogP contribution in [0.4, 0.5) is 0 Å². The highest BCUT2D eigenvalue weighted by Gasteiger charge is 1.95. The van der Waals surface area contributed by atoms with E-state index < -0.39 is 0 Å².